The summed E-state index contributed by atoms with van der Waals surface area (Å²) in [5, 5.41) is 0. The van der Waals surface area contributed by atoms with E-state index in [9.17, 15) is 4.79 Å². The van der Waals surface area contributed by atoms with Crippen molar-refractivity contribution >= 4 is 27.5 Å². The number of hydrogen-bond acceptors (Lipinski definition) is 3. The minimum atomic E-state index is -0.00927. The maximum Gasteiger partial charge on any atom is 0.251 e. The molecule has 126 valence electrons. The molecule has 1 aliphatic carbocycles. The SMILES string of the molecule is C#CCn1c(=NC(=O)C2CCCCC2)sc2cccc(OCC)c21. The van der Waals surface area contributed by atoms with E-state index in [4.69, 9.17) is 11.2 Å². The number of terminal acetylenes is 1. The lowest BCUT2D eigenvalue weighted by molar-refractivity contribution is -0.122. The van der Waals surface area contributed by atoms with Crippen LogP contribution < -0.4 is 9.54 Å². The molecule has 1 amide bonds. The van der Waals surface area contributed by atoms with Crippen molar-refractivity contribution in [1.82, 2.24) is 4.57 Å². The summed E-state index contributed by atoms with van der Waals surface area (Å²) in [5.41, 5.74) is 0.928. The largest absolute Gasteiger partial charge is 0.492 e. The first-order chi connectivity index (χ1) is 11.7. The molecule has 1 fully saturated rings. The summed E-state index contributed by atoms with van der Waals surface area (Å²) in [5.74, 6) is 3.51. The second-order valence-corrected chi connectivity index (χ2v) is 7.00. The Morgan fingerprint density at radius 1 is 1.42 bits per heavy atom. The van der Waals surface area contributed by atoms with Crippen molar-refractivity contribution in [3.8, 4) is 18.1 Å². The zero-order valence-electron chi connectivity index (χ0n) is 14.0. The van der Waals surface area contributed by atoms with Crippen LogP contribution in [0.1, 0.15) is 39.0 Å². The van der Waals surface area contributed by atoms with Gasteiger partial charge in [0.05, 0.1) is 17.9 Å². The number of benzene rings is 1. The van der Waals surface area contributed by atoms with Crippen LogP contribution in [0.3, 0.4) is 0 Å². The molecule has 0 unspecified atom stereocenters. The smallest absolute Gasteiger partial charge is 0.251 e. The number of nitrogens with zero attached hydrogens (tertiary/aromatic N) is 2. The monoisotopic (exact) mass is 342 g/mol. The third-order valence-electron chi connectivity index (χ3n) is 4.37. The van der Waals surface area contributed by atoms with E-state index in [0.29, 0.717) is 18.0 Å². The van der Waals surface area contributed by atoms with Gasteiger partial charge in [-0.15, -0.1) is 6.42 Å². The van der Waals surface area contributed by atoms with Gasteiger partial charge in [-0.1, -0.05) is 42.6 Å². The van der Waals surface area contributed by atoms with Gasteiger partial charge in [-0.05, 0) is 31.9 Å². The Hall–Kier alpha value is -2.06. The first-order valence-electron chi connectivity index (χ1n) is 8.51. The van der Waals surface area contributed by atoms with Crippen molar-refractivity contribution in [3.63, 3.8) is 0 Å². The molecule has 4 nitrogen and oxygen atoms in total. The van der Waals surface area contributed by atoms with Crippen LogP contribution in [0.25, 0.3) is 10.2 Å². The van der Waals surface area contributed by atoms with Crippen LogP contribution in [0.2, 0.25) is 0 Å². The van der Waals surface area contributed by atoms with Crippen molar-refractivity contribution in [2.24, 2.45) is 10.9 Å². The Morgan fingerprint density at radius 3 is 2.92 bits per heavy atom. The maximum atomic E-state index is 12.6. The van der Waals surface area contributed by atoms with Crippen LogP contribution in [-0.4, -0.2) is 17.1 Å². The van der Waals surface area contributed by atoms with Gasteiger partial charge in [0.15, 0.2) is 4.80 Å². The zero-order chi connectivity index (χ0) is 16.9. The van der Waals surface area contributed by atoms with Crippen molar-refractivity contribution in [2.45, 2.75) is 45.6 Å². The highest BCUT2D eigenvalue weighted by Crippen LogP contribution is 2.28. The van der Waals surface area contributed by atoms with Crippen molar-refractivity contribution < 1.29 is 9.53 Å². The first kappa shape index (κ1) is 16.8. The van der Waals surface area contributed by atoms with Crippen molar-refractivity contribution in [2.75, 3.05) is 6.61 Å². The van der Waals surface area contributed by atoms with Crippen LogP contribution in [0.5, 0.6) is 5.75 Å². The lowest BCUT2D eigenvalue weighted by Crippen LogP contribution is -2.22. The Labute approximate surface area is 146 Å². The second-order valence-electron chi connectivity index (χ2n) is 6.00. The molecule has 1 aromatic heterocycles. The fraction of sp³-hybridized carbons (Fsp3) is 0.474. The van der Waals surface area contributed by atoms with Crippen LogP contribution in [0.4, 0.5) is 0 Å². The van der Waals surface area contributed by atoms with Gasteiger partial charge in [0.2, 0.25) is 0 Å². The first-order valence-corrected chi connectivity index (χ1v) is 9.33. The van der Waals surface area contributed by atoms with E-state index in [-0.39, 0.29) is 11.8 Å². The third kappa shape index (κ3) is 3.39. The molecular formula is C19H22N2O2S. The van der Waals surface area contributed by atoms with Gasteiger partial charge in [0.1, 0.15) is 11.3 Å². The van der Waals surface area contributed by atoms with E-state index in [0.717, 1.165) is 41.6 Å². The van der Waals surface area contributed by atoms with Gasteiger partial charge in [-0.25, -0.2) is 0 Å². The van der Waals surface area contributed by atoms with Crippen LogP contribution >= 0.6 is 11.3 Å². The normalized spacial score (nSPS) is 16.2. The fourth-order valence-corrected chi connectivity index (χ4v) is 4.28. The number of fused-ring (bicyclic) bond motifs is 1. The standard InChI is InChI=1S/C19H22N2O2S/c1-3-13-21-17-15(23-4-2)11-8-12-16(17)24-19(21)20-18(22)14-9-6-5-7-10-14/h1,8,11-12,14H,4-7,9-10,13H2,2H3. The lowest BCUT2D eigenvalue weighted by atomic mass is 9.89. The minimum Gasteiger partial charge on any atom is -0.492 e. The zero-order valence-corrected chi connectivity index (χ0v) is 14.8. The predicted molar refractivity (Wildman–Crippen MR) is 97.0 cm³/mol. The van der Waals surface area contributed by atoms with Gasteiger partial charge in [0.25, 0.3) is 5.91 Å². The summed E-state index contributed by atoms with van der Waals surface area (Å²) in [4.78, 5) is 17.7. The summed E-state index contributed by atoms with van der Waals surface area (Å²) < 4.78 is 8.69. The van der Waals surface area contributed by atoms with E-state index in [1.54, 1.807) is 0 Å². The molecule has 0 aliphatic heterocycles. The molecule has 0 saturated heterocycles. The van der Waals surface area contributed by atoms with Gasteiger partial charge in [0, 0.05) is 5.92 Å². The van der Waals surface area contributed by atoms with Gasteiger partial charge in [-0.2, -0.15) is 4.99 Å². The van der Waals surface area contributed by atoms with E-state index in [1.165, 1.54) is 17.8 Å². The number of carbonyl (C=O) groups excluding carboxylic acids is 1. The average molecular weight is 342 g/mol. The Balaban J connectivity index is 2.08. The molecular weight excluding hydrogens is 320 g/mol. The summed E-state index contributed by atoms with van der Waals surface area (Å²) in [6.07, 6.45) is 10.9. The predicted octanol–water partition coefficient (Wildman–Crippen LogP) is 3.74. The average Bonchev–Trinajstić information content (AvgIpc) is 2.95. The molecule has 0 radical (unpaired) electrons. The van der Waals surface area contributed by atoms with E-state index in [2.05, 4.69) is 10.9 Å². The second kappa shape index (κ2) is 7.67. The van der Waals surface area contributed by atoms with Crippen molar-refractivity contribution in [1.29, 1.82) is 0 Å². The lowest BCUT2D eigenvalue weighted by Gasteiger charge is -2.17. The highest BCUT2D eigenvalue weighted by Gasteiger charge is 2.21. The summed E-state index contributed by atoms with van der Waals surface area (Å²) in [7, 11) is 0. The number of carbonyl (C=O) groups is 1. The molecule has 1 heterocycles. The molecule has 0 N–H and O–H groups in total. The van der Waals surface area contributed by atoms with Crippen molar-refractivity contribution in [3.05, 3.63) is 23.0 Å². The quantitative estimate of drug-likeness (QED) is 0.795. The topological polar surface area (TPSA) is 43.6 Å². The molecule has 0 spiro atoms. The van der Waals surface area contributed by atoms with Gasteiger partial charge in [-0.3, -0.25) is 4.79 Å². The number of hydrogen-bond donors (Lipinski definition) is 0. The van der Waals surface area contributed by atoms with E-state index in [1.807, 2.05) is 29.7 Å². The van der Waals surface area contributed by atoms with E-state index >= 15 is 0 Å². The van der Waals surface area contributed by atoms with Gasteiger partial charge < -0.3 is 9.30 Å². The molecule has 1 aliphatic rings. The molecule has 2 aromatic rings. The molecule has 3 rings (SSSR count). The Bertz CT molecular complexity index is 835. The number of aromatic nitrogens is 1. The summed E-state index contributed by atoms with van der Waals surface area (Å²) >= 11 is 1.50. The number of para-hydroxylation sites is 1. The number of thiazole rings is 1. The summed E-state index contributed by atoms with van der Waals surface area (Å²) in [6.45, 7) is 2.91. The number of amides is 1. The Morgan fingerprint density at radius 2 is 2.21 bits per heavy atom. The maximum absolute atomic E-state index is 12.6. The molecule has 5 heteroatoms. The molecule has 1 saturated carbocycles. The van der Waals surface area contributed by atoms with Crippen LogP contribution in [0.15, 0.2) is 23.2 Å². The number of rotatable bonds is 4. The molecule has 0 bridgehead atoms. The fourth-order valence-electron chi connectivity index (χ4n) is 3.23. The summed E-state index contributed by atoms with van der Waals surface area (Å²) in [6, 6.07) is 5.90. The van der Waals surface area contributed by atoms with Gasteiger partial charge >= 0.3 is 0 Å². The van der Waals surface area contributed by atoms with E-state index < -0.39 is 0 Å². The molecule has 0 atom stereocenters. The number of ether oxygens (including phenoxy) is 1. The third-order valence-corrected chi connectivity index (χ3v) is 5.42. The minimum absolute atomic E-state index is 0.00927. The Kier molecular flexibility index (Phi) is 5.37. The van der Waals surface area contributed by atoms with Crippen LogP contribution in [-0.2, 0) is 11.3 Å². The molecule has 24 heavy (non-hydrogen) atoms. The van der Waals surface area contributed by atoms with Crippen LogP contribution in [0, 0.1) is 18.3 Å². The molecule has 1 aromatic carbocycles. The highest BCUT2D eigenvalue weighted by atomic mass is 32.1. The highest BCUT2D eigenvalue weighted by molar-refractivity contribution is 7.16.